The zero-order valence-corrected chi connectivity index (χ0v) is 8.51. The Bertz CT molecular complexity index is 273. The van der Waals surface area contributed by atoms with E-state index in [2.05, 4.69) is 14.8 Å². The second kappa shape index (κ2) is 5.44. The lowest BCUT2D eigenvalue weighted by Crippen LogP contribution is -2.21. The first-order chi connectivity index (χ1) is 6.82. The minimum atomic E-state index is -1.13. The molecule has 0 unspecified atom stereocenters. The molecule has 0 aliphatic carbocycles. The highest BCUT2D eigenvalue weighted by Gasteiger charge is 2.27. The summed E-state index contributed by atoms with van der Waals surface area (Å²) in [6, 6.07) is 0. The summed E-state index contributed by atoms with van der Waals surface area (Å²) < 4.78 is 0. The Hall–Kier alpha value is -1.44. The molecule has 0 aromatic carbocycles. The van der Waals surface area contributed by atoms with E-state index in [1.165, 1.54) is 0 Å². The van der Waals surface area contributed by atoms with E-state index < -0.39 is 17.4 Å². The van der Waals surface area contributed by atoms with Gasteiger partial charge in [-0.05, 0) is 10.5 Å². The van der Waals surface area contributed by atoms with Crippen molar-refractivity contribution in [3.8, 4) is 0 Å². The van der Waals surface area contributed by atoms with Crippen molar-refractivity contribution in [2.45, 2.75) is 20.8 Å². The van der Waals surface area contributed by atoms with Gasteiger partial charge in [0.15, 0.2) is 0 Å². The molecule has 0 atom stereocenters. The first-order valence-electron chi connectivity index (χ1n) is 3.93. The Morgan fingerprint density at radius 2 is 1.73 bits per heavy atom. The van der Waals surface area contributed by atoms with Crippen molar-refractivity contribution >= 4 is 11.9 Å². The highest BCUT2D eigenvalue weighted by molar-refractivity contribution is 5.96. The van der Waals surface area contributed by atoms with Gasteiger partial charge in [-0.25, -0.2) is 14.8 Å². The summed E-state index contributed by atoms with van der Waals surface area (Å²) in [6.07, 6.45) is 0.737. The van der Waals surface area contributed by atoms with Gasteiger partial charge < -0.3 is 0 Å². The molecular weight excluding hydrogens is 208 g/mol. The van der Waals surface area contributed by atoms with Crippen molar-refractivity contribution in [3.63, 3.8) is 0 Å². The zero-order chi connectivity index (χ0) is 12.1. The zero-order valence-electron chi connectivity index (χ0n) is 8.51. The van der Waals surface area contributed by atoms with Crippen LogP contribution in [0.25, 0.3) is 0 Å². The first-order valence-corrected chi connectivity index (χ1v) is 3.93. The molecule has 2 N–H and O–H groups in total. The summed E-state index contributed by atoms with van der Waals surface area (Å²) >= 11 is 0. The predicted molar refractivity (Wildman–Crippen MR) is 46.1 cm³/mol. The molecule has 0 aliphatic rings. The van der Waals surface area contributed by atoms with E-state index in [-0.39, 0.29) is 5.57 Å². The average Bonchev–Trinajstić information content (AvgIpc) is 2.12. The van der Waals surface area contributed by atoms with Gasteiger partial charge in [-0.1, -0.05) is 20.8 Å². The lowest BCUT2D eigenvalue weighted by Gasteiger charge is -2.19. The molecule has 0 amide bonds. The summed E-state index contributed by atoms with van der Waals surface area (Å²) in [5.41, 5.74) is -0.875. The molecule has 15 heavy (non-hydrogen) atoms. The van der Waals surface area contributed by atoms with Crippen molar-refractivity contribution in [1.82, 2.24) is 0 Å². The third-order valence-electron chi connectivity index (χ3n) is 1.49. The maximum atomic E-state index is 11.2. The Morgan fingerprint density at radius 1 is 1.20 bits per heavy atom. The van der Waals surface area contributed by atoms with Gasteiger partial charge in [0.2, 0.25) is 0 Å². The summed E-state index contributed by atoms with van der Waals surface area (Å²) in [7, 11) is 0. The number of carbonyl (C=O) groups excluding carboxylic acids is 2. The molecule has 7 heteroatoms. The van der Waals surface area contributed by atoms with Crippen LogP contribution < -0.4 is 0 Å². The maximum absolute atomic E-state index is 11.2. The maximum Gasteiger partial charge on any atom is 0.373 e. The lowest BCUT2D eigenvalue weighted by atomic mass is 9.86. The van der Waals surface area contributed by atoms with Gasteiger partial charge in [-0.2, -0.15) is 5.26 Å². The van der Waals surface area contributed by atoms with Gasteiger partial charge in [-0.3, -0.25) is 9.78 Å². The standard InChI is InChI=1S/C8H12O7/c1-8(2,3)5(4-6(9)13-11)7(10)14-15-12/h4,11-12H,1-3H3/b5-4+. The van der Waals surface area contributed by atoms with E-state index in [1.807, 2.05) is 0 Å². The largest absolute Gasteiger partial charge is 0.373 e. The molecule has 86 valence electrons. The Balaban J connectivity index is 4.99. The van der Waals surface area contributed by atoms with E-state index in [9.17, 15) is 9.59 Å². The second-order valence-corrected chi connectivity index (χ2v) is 3.66. The van der Waals surface area contributed by atoms with Crippen LogP contribution in [-0.4, -0.2) is 22.5 Å². The van der Waals surface area contributed by atoms with Crippen LogP contribution in [0.4, 0.5) is 0 Å². The third-order valence-corrected chi connectivity index (χ3v) is 1.49. The van der Waals surface area contributed by atoms with Crippen molar-refractivity contribution in [1.29, 1.82) is 0 Å². The SMILES string of the molecule is CC(C)(C)/C(=C/C(=O)OO)C(=O)OOO. The smallest absolute Gasteiger partial charge is 0.296 e. The van der Waals surface area contributed by atoms with Crippen LogP contribution >= 0.6 is 0 Å². The summed E-state index contributed by atoms with van der Waals surface area (Å²) in [5, 5.41) is 19.1. The molecule has 0 fully saturated rings. The van der Waals surface area contributed by atoms with Crippen molar-refractivity contribution in [2.75, 3.05) is 0 Å². The Kier molecular flexibility index (Phi) is 4.92. The minimum absolute atomic E-state index is 0.129. The summed E-state index contributed by atoms with van der Waals surface area (Å²) in [5.74, 6) is -2.19. The van der Waals surface area contributed by atoms with E-state index >= 15 is 0 Å². The fourth-order valence-corrected chi connectivity index (χ4v) is 0.805. The quantitative estimate of drug-likeness (QED) is 0.414. The van der Waals surface area contributed by atoms with Crippen LogP contribution in [0.15, 0.2) is 11.6 Å². The Labute approximate surface area is 85.6 Å². The monoisotopic (exact) mass is 220 g/mol. The Morgan fingerprint density at radius 3 is 2.07 bits per heavy atom. The van der Waals surface area contributed by atoms with Crippen LogP contribution in [0.2, 0.25) is 0 Å². The molecule has 0 radical (unpaired) electrons. The van der Waals surface area contributed by atoms with Crippen molar-refractivity contribution in [3.05, 3.63) is 11.6 Å². The highest BCUT2D eigenvalue weighted by Crippen LogP contribution is 2.26. The molecule has 0 aromatic rings. The van der Waals surface area contributed by atoms with Gasteiger partial charge in [0.05, 0.1) is 5.57 Å². The first kappa shape index (κ1) is 13.6. The van der Waals surface area contributed by atoms with Crippen molar-refractivity contribution in [2.24, 2.45) is 5.41 Å². The van der Waals surface area contributed by atoms with Crippen molar-refractivity contribution < 1.29 is 34.9 Å². The fourth-order valence-electron chi connectivity index (χ4n) is 0.805. The molecule has 0 aromatic heterocycles. The molecule has 0 aliphatic heterocycles. The lowest BCUT2D eigenvalue weighted by molar-refractivity contribution is -0.461. The minimum Gasteiger partial charge on any atom is -0.296 e. The number of hydrogen-bond donors (Lipinski definition) is 2. The van der Waals surface area contributed by atoms with Gasteiger partial charge in [0.25, 0.3) is 0 Å². The van der Waals surface area contributed by atoms with Gasteiger partial charge in [-0.15, -0.1) is 0 Å². The highest BCUT2D eigenvalue weighted by atomic mass is 17.5. The van der Waals surface area contributed by atoms with E-state index in [4.69, 9.17) is 10.5 Å². The third kappa shape index (κ3) is 4.54. The van der Waals surface area contributed by atoms with Gasteiger partial charge >= 0.3 is 11.9 Å². The van der Waals surface area contributed by atoms with E-state index in [0.717, 1.165) is 6.08 Å². The molecule has 0 saturated heterocycles. The molecule has 0 saturated carbocycles. The molecule has 0 bridgehead atoms. The van der Waals surface area contributed by atoms with Crippen LogP contribution in [-0.2, 0) is 24.4 Å². The topological polar surface area (TPSA) is 102 Å². The molecular formula is C8H12O7. The van der Waals surface area contributed by atoms with E-state index in [0.29, 0.717) is 0 Å². The van der Waals surface area contributed by atoms with Gasteiger partial charge in [0, 0.05) is 6.08 Å². The molecule has 0 heterocycles. The normalized spacial score (nSPS) is 12.2. The number of hydrogen-bond acceptors (Lipinski definition) is 7. The average molecular weight is 220 g/mol. The predicted octanol–water partition coefficient (Wildman–Crippen LogP) is 0.923. The summed E-state index contributed by atoms with van der Waals surface area (Å²) in [4.78, 5) is 29.1. The van der Waals surface area contributed by atoms with Gasteiger partial charge in [0.1, 0.15) is 0 Å². The number of rotatable bonds is 3. The molecule has 7 nitrogen and oxygen atoms in total. The fraction of sp³-hybridized carbons (Fsp3) is 0.500. The summed E-state index contributed by atoms with van der Waals surface area (Å²) in [6.45, 7) is 4.84. The molecule has 0 rings (SSSR count). The van der Waals surface area contributed by atoms with Crippen LogP contribution in [0.3, 0.4) is 0 Å². The van der Waals surface area contributed by atoms with Crippen LogP contribution in [0, 0.1) is 5.41 Å². The second-order valence-electron chi connectivity index (χ2n) is 3.66. The van der Waals surface area contributed by atoms with E-state index in [1.54, 1.807) is 20.8 Å². The van der Waals surface area contributed by atoms with Crippen LogP contribution in [0.5, 0.6) is 0 Å². The molecule has 0 spiro atoms. The number of carbonyl (C=O) groups is 2. The van der Waals surface area contributed by atoms with Crippen LogP contribution in [0.1, 0.15) is 20.8 Å².